The Hall–Kier alpha value is -0.0800. The lowest BCUT2D eigenvalue weighted by Gasteiger charge is -2.30. The predicted octanol–water partition coefficient (Wildman–Crippen LogP) is 2.58. The maximum Gasteiger partial charge on any atom is 0.0723 e. The van der Waals surface area contributed by atoms with Gasteiger partial charge < -0.3 is 10.1 Å². The van der Waals surface area contributed by atoms with E-state index in [0.717, 1.165) is 12.5 Å². The van der Waals surface area contributed by atoms with E-state index in [9.17, 15) is 0 Å². The van der Waals surface area contributed by atoms with Crippen LogP contribution in [0.15, 0.2) is 0 Å². The first-order chi connectivity index (χ1) is 6.74. The molecule has 1 N–H and O–H groups in total. The molecule has 0 bridgehead atoms. The van der Waals surface area contributed by atoms with Gasteiger partial charge in [-0.2, -0.15) is 0 Å². The monoisotopic (exact) mass is 199 g/mol. The Morgan fingerprint density at radius 3 is 2.36 bits per heavy atom. The van der Waals surface area contributed by atoms with Gasteiger partial charge in [-0.3, -0.25) is 0 Å². The van der Waals surface area contributed by atoms with Crippen LogP contribution in [0.5, 0.6) is 0 Å². The molecule has 0 aromatic rings. The van der Waals surface area contributed by atoms with Gasteiger partial charge in [0.2, 0.25) is 0 Å². The van der Waals surface area contributed by atoms with E-state index < -0.39 is 0 Å². The van der Waals surface area contributed by atoms with Crippen LogP contribution in [-0.4, -0.2) is 25.8 Å². The largest absolute Gasteiger partial charge is 0.380 e. The van der Waals surface area contributed by atoms with Crippen LogP contribution in [0.3, 0.4) is 0 Å². The van der Waals surface area contributed by atoms with Crippen LogP contribution in [0, 0.1) is 5.92 Å². The third-order valence-electron chi connectivity index (χ3n) is 3.21. The van der Waals surface area contributed by atoms with Gasteiger partial charge >= 0.3 is 0 Å². The van der Waals surface area contributed by atoms with E-state index in [4.69, 9.17) is 4.74 Å². The lowest BCUT2D eigenvalue weighted by atomic mass is 9.85. The van der Waals surface area contributed by atoms with Crippen molar-refractivity contribution in [1.82, 2.24) is 5.32 Å². The summed E-state index contributed by atoms with van der Waals surface area (Å²) in [6, 6.07) is 0.566. The van der Waals surface area contributed by atoms with Crippen molar-refractivity contribution in [3.05, 3.63) is 0 Å². The number of hydrogen-bond donors (Lipinski definition) is 1. The van der Waals surface area contributed by atoms with Crippen LogP contribution in [0.25, 0.3) is 0 Å². The Balaban J connectivity index is 2.28. The van der Waals surface area contributed by atoms with Gasteiger partial charge in [-0.15, -0.1) is 0 Å². The van der Waals surface area contributed by atoms with E-state index in [-0.39, 0.29) is 0 Å². The van der Waals surface area contributed by atoms with Crippen molar-refractivity contribution in [3.8, 4) is 0 Å². The molecule has 84 valence electrons. The summed E-state index contributed by atoms with van der Waals surface area (Å²) in [6.45, 7) is 5.39. The second-order valence-corrected chi connectivity index (χ2v) is 4.74. The molecule has 2 nitrogen and oxygen atoms in total. The molecule has 1 rings (SSSR count). The van der Waals surface area contributed by atoms with Gasteiger partial charge in [-0.25, -0.2) is 0 Å². The molecule has 1 aliphatic carbocycles. The quantitative estimate of drug-likeness (QED) is 0.735. The minimum atomic E-state index is 0.428. The van der Waals surface area contributed by atoms with Crippen molar-refractivity contribution in [2.45, 2.75) is 58.1 Å². The number of rotatable bonds is 5. The van der Waals surface area contributed by atoms with Gasteiger partial charge in [0.1, 0.15) is 0 Å². The van der Waals surface area contributed by atoms with Crippen LogP contribution in [0.4, 0.5) is 0 Å². The highest BCUT2D eigenvalue weighted by atomic mass is 16.5. The summed E-state index contributed by atoms with van der Waals surface area (Å²) >= 11 is 0. The second kappa shape index (κ2) is 6.41. The average Bonchev–Trinajstić information content (AvgIpc) is 2.20. The van der Waals surface area contributed by atoms with E-state index in [0.29, 0.717) is 12.1 Å². The molecule has 0 amide bonds. The van der Waals surface area contributed by atoms with Gasteiger partial charge in [-0.05, 0) is 18.8 Å². The molecule has 0 radical (unpaired) electrons. The van der Waals surface area contributed by atoms with Gasteiger partial charge in [0.15, 0.2) is 0 Å². The Morgan fingerprint density at radius 2 is 1.86 bits per heavy atom. The molecule has 1 fully saturated rings. The van der Waals surface area contributed by atoms with Gasteiger partial charge in [0.05, 0.1) is 6.10 Å². The average molecular weight is 199 g/mol. The molecule has 14 heavy (non-hydrogen) atoms. The van der Waals surface area contributed by atoms with Crippen LogP contribution < -0.4 is 5.32 Å². The Bertz CT molecular complexity index is 141. The summed E-state index contributed by atoms with van der Waals surface area (Å²) in [5, 5.41) is 3.47. The molecule has 0 saturated heterocycles. The number of methoxy groups -OCH3 is 1. The fourth-order valence-corrected chi connectivity index (χ4v) is 2.30. The molecule has 0 aliphatic heterocycles. The fourth-order valence-electron chi connectivity index (χ4n) is 2.30. The molecule has 2 heteroatoms. The van der Waals surface area contributed by atoms with Crippen molar-refractivity contribution < 1.29 is 4.74 Å². The minimum Gasteiger partial charge on any atom is -0.380 e. The Kier molecular flexibility index (Phi) is 5.49. The van der Waals surface area contributed by atoms with Crippen molar-refractivity contribution in [2.24, 2.45) is 5.92 Å². The number of nitrogens with one attached hydrogen (secondary N) is 1. The zero-order chi connectivity index (χ0) is 10.4. The molecule has 0 aromatic heterocycles. The highest BCUT2D eigenvalue weighted by Gasteiger charge is 2.23. The summed E-state index contributed by atoms with van der Waals surface area (Å²) in [5.74, 6) is 0.792. The molecule has 0 aromatic carbocycles. The minimum absolute atomic E-state index is 0.428. The standard InChI is InChI=1S/C12H25NO/c1-10(2)13-9-12(14-3)11-7-5-4-6-8-11/h10-13H,4-9H2,1-3H3. The molecular formula is C12H25NO. The smallest absolute Gasteiger partial charge is 0.0723 e. The van der Waals surface area contributed by atoms with E-state index in [1.807, 2.05) is 7.11 Å². The fraction of sp³-hybridized carbons (Fsp3) is 1.00. The maximum absolute atomic E-state index is 5.58. The second-order valence-electron chi connectivity index (χ2n) is 4.74. The summed E-state index contributed by atoms with van der Waals surface area (Å²) < 4.78 is 5.58. The van der Waals surface area contributed by atoms with Crippen molar-refractivity contribution in [1.29, 1.82) is 0 Å². The lowest BCUT2D eigenvalue weighted by Crippen LogP contribution is -2.38. The van der Waals surface area contributed by atoms with Crippen molar-refractivity contribution in [2.75, 3.05) is 13.7 Å². The topological polar surface area (TPSA) is 21.3 Å². The van der Waals surface area contributed by atoms with E-state index in [1.165, 1.54) is 32.1 Å². The molecule has 1 unspecified atom stereocenters. The maximum atomic E-state index is 5.58. The molecule has 0 spiro atoms. The highest BCUT2D eigenvalue weighted by molar-refractivity contribution is 4.76. The third-order valence-corrected chi connectivity index (χ3v) is 3.21. The first-order valence-electron chi connectivity index (χ1n) is 6.00. The highest BCUT2D eigenvalue weighted by Crippen LogP contribution is 2.27. The van der Waals surface area contributed by atoms with Gasteiger partial charge in [-0.1, -0.05) is 33.1 Å². The van der Waals surface area contributed by atoms with Crippen molar-refractivity contribution in [3.63, 3.8) is 0 Å². The molecule has 1 saturated carbocycles. The van der Waals surface area contributed by atoms with E-state index >= 15 is 0 Å². The zero-order valence-corrected chi connectivity index (χ0v) is 9.88. The number of ether oxygens (including phenoxy) is 1. The molecule has 1 aliphatic rings. The van der Waals surface area contributed by atoms with Crippen LogP contribution in [-0.2, 0) is 4.74 Å². The van der Waals surface area contributed by atoms with Crippen molar-refractivity contribution >= 4 is 0 Å². The number of hydrogen-bond acceptors (Lipinski definition) is 2. The van der Waals surface area contributed by atoms with E-state index in [2.05, 4.69) is 19.2 Å². The van der Waals surface area contributed by atoms with Crippen LogP contribution in [0.1, 0.15) is 46.0 Å². The summed E-state index contributed by atoms with van der Waals surface area (Å²) in [7, 11) is 1.85. The van der Waals surface area contributed by atoms with Crippen LogP contribution in [0.2, 0.25) is 0 Å². The first-order valence-corrected chi connectivity index (χ1v) is 6.00. The molecule has 0 heterocycles. The Morgan fingerprint density at radius 1 is 1.21 bits per heavy atom. The van der Waals surface area contributed by atoms with Gasteiger partial charge in [0, 0.05) is 19.7 Å². The molecular weight excluding hydrogens is 174 g/mol. The normalized spacial score (nSPS) is 21.4. The Labute approximate surface area is 88.4 Å². The van der Waals surface area contributed by atoms with E-state index in [1.54, 1.807) is 0 Å². The zero-order valence-electron chi connectivity index (χ0n) is 9.88. The lowest BCUT2D eigenvalue weighted by molar-refractivity contribution is 0.0356. The third kappa shape index (κ3) is 3.97. The van der Waals surface area contributed by atoms with Gasteiger partial charge in [0.25, 0.3) is 0 Å². The summed E-state index contributed by atoms with van der Waals surface area (Å²) in [5.41, 5.74) is 0. The summed E-state index contributed by atoms with van der Waals surface area (Å²) in [4.78, 5) is 0. The molecule has 1 atom stereocenters. The van der Waals surface area contributed by atoms with Crippen LogP contribution >= 0.6 is 0 Å². The SMILES string of the molecule is COC(CNC(C)C)C1CCCCC1. The predicted molar refractivity (Wildman–Crippen MR) is 60.5 cm³/mol. The summed E-state index contributed by atoms with van der Waals surface area (Å²) in [6.07, 6.45) is 7.36. The first kappa shape index (κ1) is 12.0.